The molecule has 7 aromatic rings. The zero-order valence-electron chi connectivity index (χ0n) is 18.6. The molecule has 0 fully saturated rings. The van der Waals surface area contributed by atoms with Crippen molar-refractivity contribution < 1.29 is 4.42 Å². The van der Waals surface area contributed by atoms with E-state index in [0.29, 0.717) is 0 Å². The smallest absolute Gasteiger partial charge is 0.144 e. The van der Waals surface area contributed by atoms with Gasteiger partial charge in [-0.15, -0.1) is 0 Å². The maximum absolute atomic E-state index is 6.52. The van der Waals surface area contributed by atoms with E-state index in [2.05, 4.69) is 102 Å². The summed E-state index contributed by atoms with van der Waals surface area (Å²) in [4.78, 5) is 9.35. The average Bonchev–Trinajstić information content (AvgIpc) is 3.28. The highest BCUT2D eigenvalue weighted by molar-refractivity contribution is 6.17. The maximum atomic E-state index is 6.52. The molecular weight excluding hydrogens is 416 g/mol. The predicted molar refractivity (Wildman–Crippen MR) is 140 cm³/mol. The zero-order chi connectivity index (χ0) is 22.6. The minimum absolute atomic E-state index is 0.872. The molecule has 3 nitrogen and oxygen atoms in total. The maximum Gasteiger partial charge on any atom is 0.144 e. The van der Waals surface area contributed by atoms with E-state index in [1.54, 1.807) is 0 Å². The number of pyridine rings is 2. The van der Waals surface area contributed by atoms with Gasteiger partial charge in [0.05, 0.1) is 11.2 Å². The van der Waals surface area contributed by atoms with Crippen LogP contribution in [0.5, 0.6) is 0 Å². The molecule has 0 aliphatic heterocycles. The number of hydrogen-bond acceptors (Lipinski definition) is 3. The first-order valence-corrected chi connectivity index (χ1v) is 11.4. The number of aromatic nitrogens is 2. The molecule has 0 aliphatic rings. The minimum atomic E-state index is 0.872. The number of rotatable bonds is 2. The molecule has 0 saturated carbocycles. The van der Waals surface area contributed by atoms with Crippen LogP contribution in [0.15, 0.2) is 108 Å². The lowest BCUT2D eigenvalue weighted by molar-refractivity contribution is 0.673. The van der Waals surface area contributed by atoms with Crippen molar-refractivity contribution in [2.24, 2.45) is 0 Å². The number of aryl methyl sites for hydroxylation is 1. The van der Waals surface area contributed by atoms with Gasteiger partial charge >= 0.3 is 0 Å². The number of para-hydroxylation sites is 1. The summed E-state index contributed by atoms with van der Waals surface area (Å²) in [6.45, 7) is 2.02. The number of nitrogens with zero attached hydrogens (tertiary/aromatic N) is 2. The Balaban J connectivity index is 1.41. The molecular formula is C31H20N2O. The van der Waals surface area contributed by atoms with E-state index >= 15 is 0 Å². The van der Waals surface area contributed by atoms with Crippen LogP contribution in [-0.2, 0) is 0 Å². The monoisotopic (exact) mass is 436 g/mol. The summed E-state index contributed by atoms with van der Waals surface area (Å²) in [5.74, 6) is 0. The molecule has 160 valence electrons. The Labute approximate surface area is 196 Å². The molecule has 7 rings (SSSR count). The molecule has 0 aliphatic carbocycles. The zero-order valence-corrected chi connectivity index (χ0v) is 18.6. The molecule has 0 spiro atoms. The van der Waals surface area contributed by atoms with E-state index < -0.39 is 0 Å². The SMILES string of the molecule is Cc1ccc2cc(-c3ccnc(-c4cccc5c4oc4c6ccccc6ccc54)c3)ccc2n1. The Morgan fingerprint density at radius 2 is 1.44 bits per heavy atom. The van der Waals surface area contributed by atoms with Crippen LogP contribution in [-0.4, -0.2) is 9.97 Å². The Hall–Kier alpha value is -4.50. The van der Waals surface area contributed by atoms with Gasteiger partial charge in [-0.05, 0) is 65.9 Å². The molecule has 0 saturated heterocycles. The van der Waals surface area contributed by atoms with Crippen molar-refractivity contribution >= 4 is 43.6 Å². The van der Waals surface area contributed by atoms with E-state index in [9.17, 15) is 0 Å². The molecule has 3 heteroatoms. The lowest BCUT2D eigenvalue weighted by Crippen LogP contribution is -1.87. The number of furan rings is 1. The quantitative estimate of drug-likeness (QED) is 0.273. The summed E-state index contributed by atoms with van der Waals surface area (Å²) in [6, 6.07) is 33.7. The van der Waals surface area contributed by atoms with Crippen LogP contribution < -0.4 is 0 Å². The Morgan fingerprint density at radius 3 is 2.41 bits per heavy atom. The normalized spacial score (nSPS) is 11.7. The van der Waals surface area contributed by atoms with Gasteiger partial charge in [-0.2, -0.15) is 0 Å². The summed E-state index contributed by atoms with van der Waals surface area (Å²) in [5, 5.41) is 5.68. The summed E-state index contributed by atoms with van der Waals surface area (Å²) in [5.41, 5.74) is 7.99. The van der Waals surface area contributed by atoms with Gasteiger partial charge in [0, 0.05) is 39.0 Å². The molecule has 0 amide bonds. The van der Waals surface area contributed by atoms with Gasteiger partial charge in [0.2, 0.25) is 0 Å². The van der Waals surface area contributed by atoms with Crippen LogP contribution in [0.3, 0.4) is 0 Å². The largest absolute Gasteiger partial charge is 0.455 e. The lowest BCUT2D eigenvalue weighted by Gasteiger charge is -2.07. The third kappa shape index (κ3) is 2.91. The highest BCUT2D eigenvalue weighted by Crippen LogP contribution is 2.38. The highest BCUT2D eigenvalue weighted by atomic mass is 16.3. The fraction of sp³-hybridized carbons (Fsp3) is 0.0323. The van der Waals surface area contributed by atoms with Gasteiger partial charge < -0.3 is 4.42 Å². The standard InChI is InChI=1S/C31H20N2O/c1-19-9-10-23-17-21(12-14-28(23)33-19)22-15-16-32-29(18-22)27-8-4-7-25-26-13-11-20-5-2-3-6-24(20)30(26)34-31(25)27/h2-18H,1H3. The van der Waals surface area contributed by atoms with Gasteiger partial charge in [0.15, 0.2) is 0 Å². The summed E-state index contributed by atoms with van der Waals surface area (Å²) < 4.78 is 6.52. The number of benzene rings is 4. The Morgan fingerprint density at radius 1 is 0.618 bits per heavy atom. The first kappa shape index (κ1) is 19.0. The molecule has 4 aromatic carbocycles. The first-order chi connectivity index (χ1) is 16.7. The van der Waals surface area contributed by atoms with E-state index in [1.807, 2.05) is 13.1 Å². The second kappa shape index (κ2) is 7.26. The molecule has 0 N–H and O–H groups in total. The predicted octanol–water partition coefficient (Wildman–Crippen LogP) is 8.32. The van der Waals surface area contributed by atoms with Gasteiger partial charge in [-0.1, -0.05) is 54.6 Å². The van der Waals surface area contributed by atoms with Crippen molar-refractivity contribution in [1.29, 1.82) is 0 Å². The topological polar surface area (TPSA) is 38.9 Å². The summed E-state index contributed by atoms with van der Waals surface area (Å²) in [7, 11) is 0. The third-order valence-corrected chi connectivity index (χ3v) is 6.59. The molecule has 3 aromatic heterocycles. The third-order valence-electron chi connectivity index (χ3n) is 6.59. The van der Waals surface area contributed by atoms with Crippen LogP contribution in [0.4, 0.5) is 0 Å². The molecule has 0 bridgehead atoms. The molecule has 34 heavy (non-hydrogen) atoms. The van der Waals surface area contributed by atoms with Gasteiger partial charge in [-0.25, -0.2) is 0 Å². The van der Waals surface area contributed by atoms with Crippen molar-refractivity contribution in [1.82, 2.24) is 9.97 Å². The van der Waals surface area contributed by atoms with Crippen molar-refractivity contribution in [2.75, 3.05) is 0 Å². The fourth-order valence-electron chi connectivity index (χ4n) is 4.89. The van der Waals surface area contributed by atoms with E-state index in [0.717, 1.165) is 66.3 Å². The van der Waals surface area contributed by atoms with E-state index in [1.165, 1.54) is 5.39 Å². The second-order valence-electron chi connectivity index (χ2n) is 8.74. The average molecular weight is 437 g/mol. The number of hydrogen-bond donors (Lipinski definition) is 0. The van der Waals surface area contributed by atoms with Gasteiger partial charge in [0.25, 0.3) is 0 Å². The van der Waals surface area contributed by atoms with E-state index in [-0.39, 0.29) is 0 Å². The van der Waals surface area contributed by atoms with Gasteiger partial charge in [0.1, 0.15) is 11.2 Å². The minimum Gasteiger partial charge on any atom is -0.455 e. The van der Waals surface area contributed by atoms with Crippen molar-refractivity contribution in [3.05, 3.63) is 109 Å². The van der Waals surface area contributed by atoms with Crippen LogP contribution in [0.25, 0.3) is 66.0 Å². The Kier molecular flexibility index (Phi) is 4.06. The van der Waals surface area contributed by atoms with E-state index in [4.69, 9.17) is 9.40 Å². The second-order valence-corrected chi connectivity index (χ2v) is 8.74. The lowest BCUT2D eigenvalue weighted by atomic mass is 10.0. The van der Waals surface area contributed by atoms with Crippen molar-refractivity contribution in [3.8, 4) is 22.4 Å². The number of fused-ring (bicyclic) bond motifs is 6. The molecule has 0 unspecified atom stereocenters. The van der Waals surface area contributed by atoms with Crippen LogP contribution in [0.2, 0.25) is 0 Å². The molecule has 0 radical (unpaired) electrons. The van der Waals surface area contributed by atoms with Crippen molar-refractivity contribution in [3.63, 3.8) is 0 Å². The van der Waals surface area contributed by atoms with Gasteiger partial charge in [-0.3, -0.25) is 9.97 Å². The summed E-state index contributed by atoms with van der Waals surface area (Å²) >= 11 is 0. The Bertz CT molecular complexity index is 1880. The fourth-order valence-corrected chi connectivity index (χ4v) is 4.89. The first-order valence-electron chi connectivity index (χ1n) is 11.4. The van der Waals surface area contributed by atoms with Crippen molar-refractivity contribution in [2.45, 2.75) is 6.92 Å². The van der Waals surface area contributed by atoms with Crippen LogP contribution >= 0.6 is 0 Å². The van der Waals surface area contributed by atoms with Crippen LogP contribution in [0, 0.1) is 6.92 Å². The summed E-state index contributed by atoms with van der Waals surface area (Å²) in [6.07, 6.45) is 1.87. The molecule has 3 heterocycles. The highest BCUT2D eigenvalue weighted by Gasteiger charge is 2.15. The molecule has 0 atom stereocenters. The van der Waals surface area contributed by atoms with Crippen LogP contribution in [0.1, 0.15) is 5.69 Å².